The molecule has 128 valence electrons. The number of halogens is 1. The molecule has 0 atom stereocenters. The number of aryl methyl sites for hydroxylation is 1. The van der Waals surface area contributed by atoms with E-state index in [1.165, 1.54) is 6.08 Å². The summed E-state index contributed by atoms with van der Waals surface area (Å²) in [6.07, 6.45) is 4.85. The van der Waals surface area contributed by atoms with Gasteiger partial charge in [0, 0.05) is 17.8 Å². The summed E-state index contributed by atoms with van der Waals surface area (Å²) >= 11 is 5.83. The maximum absolute atomic E-state index is 12.1. The van der Waals surface area contributed by atoms with Crippen molar-refractivity contribution in [3.63, 3.8) is 0 Å². The molecular formula is C19H17ClN2O3. The van der Waals surface area contributed by atoms with Gasteiger partial charge in [-0.2, -0.15) is 5.10 Å². The molecule has 6 heteroatoms. The van der Waals surface area contributed by atoms with Crippen LogP contribution in [0.25, 0.3) is 6.08 Å². The smallest absolute Gasteiger partial charge is 0.206 e. The third-order valence-electron chi connectivity index (χ3n) is 3.49. The topological polar surface area (TPSA) is 57.3 Å². The zero-order valence-electron chi connectivity index (χ0n) is 13.7. The van der Waals surface area contributed by atoms with Crippen molar-refractivity contribution in [2.45, 2.75) is 20.1 Å². The Hall–Kier alpha value is -2.79. The number of carbonyl (C=O) groups is 1. The molecule has 0 bridgehead atoms. The molecular weight excluding hydrogens is 340 g/mol. The van der Waals surface area contributed by atoms with Gasteiger partial charge in [-0.05, 0) is 61.5 Å². The second-order valence-corrected chi connectivity index (χ2v) is 5.74. The van der Waals surface area contributed by atoms with Crippen LogP contribution in [0.15, 0.2) is 59.2 Å². The minimum Gasteiger partial charge on any atom is -0.486 e. The fourth-order valence-electron chi connectivity index (χ4n) is 2.16. The van der Waals surface area contributed by atoms with Gasteiger partial charge >= 0.3 is 0 Å². The third kappa shape index (κ3) is 4.61. The van der Waals surface area contributed by atoms with Crippen molar-refractivity contribution < 1.29 is 13.9 Å². The summed E-state index contributed by atoms with van der Waals surface area (Å²) in [6.45, 7) is 2.99. The number of nitrogens with zero attached hydrogens (tertiary/aromatic N) is 2. The Balaban J connectivity index is 1.57. The maximum atomic E-state index is 12.1. The van der Waals surface area contributed by atoms with Crippen LogP contribution in [0, 0.1) is 0 Å². The van der Waals surface area contributed by atoms with Gasteiger partial charge in [-0.3, -0.25) is 9.48 Å². The first-order chi connectivity index (χ1) is 12.1. The number of ketones is 1. The minimum absolute atomic E-state index is 0.164. The highest BCUT2D eigenvalue weighted by atomic mass is 35.5. The molecule has 0 saturated heterocycles. The first-order valence-corrected chi connectivity index (χ1v) is 8.25. The highest BCUT2D eigenvalue weighted by molar-refractivity contribution is 6.30. The van der Waals surface area contributed by atoms with E-state index in [2.05, 4.69) is 5.10 Å². The van der Waals surface area contributed by atoms with Crippen LogP contribution in [0.4, 0.5) is 0 Å². The first-order valence-electron chi connectivity index (χ1n) is 7.87. The number of furan rings is 1. The maximum Gasteiger partial charge on any atom is 0.206 e. The van der Waals surface area contributed by atoms with E-state index in [1.807, 2.05) is 13.0 Å². The third-order valence-corrected chi connectivity index (χ3v) is 3.75. The lowest BCUT2D eigenvalue weighted by Crippen LogP contribution is -1.99. The van der Waals surface area contributed by atoms with Gasteiger partial charge in [-0.25, -0.2) is 0 Å². The van der Waals surface area contributed by atoms with Crippen molar-refractivity contribution in [1.82, 2.24) is 9.78 Å². The average Bonchev–Trinajstić information content (AvgIpc) is 3.28. The van der Waals surface area contributed by atoms with Crippen LogP contribution in [-0.4, -0.2) is 15.6 Å². The van der Waals surface area contributed by atoms with E-state index in [1.54, 1.807) is 53.4 Å². The zero-order chi connectivity index (χ0) is 17.6. The van der Waals surface area contributed by atoms with E-state index < -0.39 is 0 Å². The Bertz CT molecular complexity index is 878. The molecule has 0 saturated carbocycles. The number of hydrogen-bond acceptors (Lipinski definition) is 4. The molecule has 0 unspecified atom stereocenters. The molecule has 1 aromatic carbocycles. The number of rotatable bonds is 7. The van der Waals surface area contributed by atoms with Gasteiger partial charge in [0.25, 0.3) is 0 Å². The molecule has 0 N–H and O–H groups in total. The van der Waals surface area contributed by atoms with E-state index in [4.69, 9.17) is 20.8 Å². The molecule has 5 nitrogen and oxygen atoms in total. The average molecular weight is 357 g/mol. The quantitative estimate of drug-likeness (QED) is 0.457. The fourth-order valence-corrected chi connectivity index (χ4v) is 2.29. The highest BCUT2D eigenvalue weighted by Crippen LogP contribution is 2.18. The molecule has 0 aliphatic heterocycles. The molecule has 0 spiro atoms. The second kappa shape index (κ2) is 7.85. The Morgan fingerprint density at radius 1 is 1.24 bits per heavy atom. The molecule has 0 amide bonds. The van der Waals surface area contributed by atoms with E-state index in [0.29, 0.717) is 34.6 Å². The summed E-state index contributed by atoms with van der Waals surface area (Å²) in [4.78, 5) is 12.1. The van der Waals surface area contributed by atoms with Gasteiger partial charge in [0.15, 0.2) is 0 Å². The van der Waals surface area contributed by atoms with E-state index in [9.17, 15) is 4.79 Å². The molecule has 0 aliphatic rings. The summed E-state index contributed by atoms with van der Waals surface area (Å²) in [6, 6.07) is 12.4. The summed E-state index contributed by atoms with van der Waals surface area (Å²) in [5.41, 5.74) is 0.413. The summed E-state index contributed by atoms with van der Waals surface area (Å²) < 4.78 is 12.9. The van der Waals surface area contributed by atoms with Crippen LogP contribution in [0.2, 0.25) is 5.02 Å². The van der Waals surface area contributed by atoms with Gasteiger partial charge in [0.05, 0.1) is 0 Å². The van der Waals surface area contributed by atoms with Crippen LogP contribution in [-0.2, 0) is 13.2 Å². The molecule has 3 rings (SSSR count). The fraction of sp³-hybridized carbons (Fsp3) is 0.158. The van der Waals surface area contributed by atoms with Crippen LogP contribution in [0.1, 0.15) is 28.9 Å². The molecule has 25 heavy (non-hydrogen) atoms. The van der Waals surface area contributed by atoms with Crippen LogP contribution >= 0.6 is 11.6 Å². The SMILES string of the molecule is CCn1ccc(C(=O)/C=C/c2ccc(COc3ccc(Cl)cc3)o2)n1. The molecule has 0 fully saturated rings. The standard InChI is InChI=1S/C19H17ClN2O3/c1-2-22-12-11-18(21-22)19(23)10-9-16-7-8-17(25-16)13-24-15-5-3-14(20)4-6-15/h3-12H,2,13H2,1H3/b10-9+. The van der Waals surface area contributed by atoms with Gasteiger partial charge in [-0.15, -0.1) is 0 Å². The number of ether oxygens (including phenoxy) is 1. The summed E-state index contributed by atoms with van der Waals surface area (Å²) in [5.74, 6) is 1.79. The number of benzene rings is 1. The molecule has 3 aromatic rings. The Morgan fingerprint density at radius 2 is 2.04 bits per heavy atom. The normalized spacial score (nSPS) is 11.1. The van der Waals surface area contributed by atoms with Crippen LogP contribution in [0.5, 0.6) is 5.75 Å². The monoisotopic (exact) mass is 356 g/mol. The van der Waals surface area contributed by atoms with Crippen molar-refractivity contribution in [2.24, 2.45) is 0 Å². The number of allylic oxidation sites excluding steroid dienone is 1. The molecule has 2 aromatic heterocycles. The van der Waals surface area contributed by atoms with Crippen molar-refractivity contribution >= 4 is 23.5 Å². The summed E-state index contributed by atoms with van der Waals surface area (Å²) in [7, 11) is 0. The van der Waals surface area contributed by atoms with E-state index in [0.717, 1.165) is 6.54 Å². The Labute approximate surface area is 150 Å². The van der Waals surface area contributed by atoms with Gasteiger partial charge in [-0.1, -0.05) is 11.6 Å². The van der Waals surface area contributed by atoms with Crippen molar-refractivity contribution in [1.29, 1.82) is 0 Å². The van der Waals surface area contributed by atoms with E-state index in [-0.39, 0.29) is 5.78 Å². The van der Waals surface area contributed by atoms with Gasteiger partial charge in [0.2, 0.25) is 5.78 Å². The van der Waals surface area contributed by atoms with Crippen molar-refractivity contribution in [3.8, 4) is 5.75 Å². The van der Waals surface area contributed by atoms with E-state index >= 15 is 0 Å². The minimum atomic E-state index is -0.164. The van der Waals surface area contributed by atoms with Gasteiger partial charge in [0.1, 0.15) is 29.6 Å². The first kappa shape index (κ1) is 17.0. The zero-order valence-corrected chi connectivity index (χ0v) is 14.4. The van der Waals surface area contributed by atoms with Crippen LogP contribution < -0.4 is 4.74 Å². The summed E-state index contributed by atoms with van der Waals surface area (Å²) in [5, 5.41) is 4.83. The lowest BCUT2D eigenvalue weighted by atomic mass is 10.2. The lowest BCUT2D eigenvalue weighted by Gasteiger charge is -2.03. The number of aromatic nitrogens is 2. The lowest BCUT2D eigenvalue weighted by molar-refractivity contribution is 0.104. The predicted octanol–water partition coefficient (Wildman–Crippen LogP) is 4.62. The number of hydrogen-bond donors (Lipinski definition) is 0. The second-order valence-electron chi connectivity index (χ2n) is 5.30. The predicted molar refractivity (Wildman–Crippen MR) is 95.8 cm³/mol. The highest BCUT2D eigenvalue weighted by Gasteiger charge is 2.06. The number of carbonyl (C=O) groups excluding carboxylic acids is 1. The van der Waals surface area contributed by atoms with Crippen molar-refractivity contribution in [2.75, 3.05) is 0 Å². The van der Waals surface area contributed by atoms with Crippen molar-refractivity contribution in [3.05, 3.63) is 77.0 Å². The largest absolute Gasteiger partial charge is 0.486 e. The Kier molecular flexibility index (Phi) is 5.36. The molecule has 0 radical (unpaired) electrons. The molecule has 0 aliphatic carbocycles. The van der Waals surface area contributed by atoms with Gasteiger partial charge < -0.3 is 9.15 Å². The van der Waals surface area contributed by atoms with Crippen LogP contribution in [0.3, 0.4) is 0 Å². The molecule has 2 heterocycles. The Morgan fingerprint density at radius 3 is 2.76 bits per heavy atom.